The molecule has 1 atom stereocenters. The molecular formula is C19H38IN5O2. The largest absolute Gasteiger partial charge is 0.357 e. The first-order valence-corrected chi connectivity index (χ1v) is 10.1. The summed E-state index contributed by atoms with van der Waals surface area (Å²) in [5.41, 5.74) is 0. The first kappa shape index (κ1) is 25.9. The number of aliphatic imine (C=N–C) groups is 1. The number of guanidine groups is 1. The number of hydrogen-bond acceptors (Lipinski definition) is 3. The topological polar surface area (TPSA) is 77.0 Å². The van der Waals surface area contributed by atoms with Gasteiger partial charge in [-0.05, 0) is 39.5 Å². The Kier molecular flexibility index (Phi) is 14.3. The van der Waals surface area contributed by atoms with Crippen LogP contribution < -0.4 is 10.6 Å². The Morgan fingerprint density at radius 3 is 2.44 bits per heavy atom. The van der Waals surface area contributed by atoms with E-state index in [9.17, 15) is 9.59 Å². The fourth-order valence-corrected chi connectivity index (χ4v) is 3.20. The monoisotopic (exact) mass is 495 g/mol. The first-order chi connectivity index (χ1) is 12.5. The van der Waals surface area contributed by atoms with Crippen molar-refractivity contribution < 1.29 is 9.59 Å². The Balaban J connectivity index is 0.00000676. The van der Waals surface area contributed by atoms with Gasteiger partial charge in [-0.25, -0.2) is 0 Å². The molecule has 2 amide bonds. The van der Waals surface area contributed by atoms with Crippen molar-refractivity contribution >= 4 is 41.8 Å². The molecule has 158 valence electrons. The third-order valence-corrected chi connectivity index (χ3v) is 4.70. The summed E-state index contributed by atoms with van der Waals surface area (Å²) in [6.45, 7) is 13.1. The van der Waals surface area contributed by atoms with Gasteiger partial charge in [-0.2, -0.15) is 0 Å². The number of piperidine rings is 1. The van der Waals surface area contributed by atoms with Crippen molar-refractivity contribution in [2.75, 3.05) is 45.8 Å². The van der Waals surface area contributed by atoms with Gasteiger partial charge < -0.3 is 20.4 Å². The second-order valence-electron chi connectivity index (χ2n) is 6.84. The number of rotatable bonds is 9. The third-order valence-electron chi connectivity index (χ3n) is 4.70. The van der Waals surface area contributed by atoms with E-state index in [1.54, 1.807) is 0 Å². The van der Waals surface area contributed by atoms with Crippen LogP contribution in [0, 0.1) is 5.92 Å². The molecule has 1 saturated heterocycles. The highest BCUT2D eigenvalue weighted by Gasteiger charge is 2.20. The van der Waals surface area contributed by atoms with Crippen LogP contribution in [0.3, 0.4) is 0 Å². The van der Waals surface area contributed by atoms with E-state index in [-0.39, 0.29) is 35.8 Å². The van der Waals surface area contributed by atoms with Crippen molar-refractivity contribution in [1.82, 2.24) is 20.4 Å². The molecule has 0 spiro atoms. The summed E-state index contributed by atoms with van der Waals surface area (Å²) in [7, 11) is 0. The number of carbonyl (C=O) groups is 2. The zero-order valence-electron chi connectivity index (χ0n) is 17.4. The molecule has 27 heavy (non-hydrogen) atoms. The zero-order chi connectivity index (χ0) is 19.4. The predicted molar refractivity (Wildman–Crippen MR) is 122 cm³/mol. The van der Waals surface area contributed by atoms with Crippen LogP contribution in [-0.2, 0) is 9.59 Å². The van der Waals surface area contributed by atoms with Crippen molar-refractivity contribution in [2.45, 2.75) is 53.4 Å². The highest BCUT2D eigenvalue weighted by Crippen LogP contribution is 2.15. The Morgan fingerprint density at radius 2 is 1.85 bits per heavy atom. The summed E-state index contributed by atoms with van der Waals surface area (Å²) >= 11 is 0. The summed E-state index contributed by atoms with van der Waals surface area (Å²) in [5.74, 6) is 1.60. The summed E-state index contributed by atoms with van der Waals surface area (Å²) < 4.78 is 0. The van der Waals surface area contributed by atoms with Gasteiger partial charge in [-0.15, -0.1) is 24.0 Å². The fraction of sp³-hybridized carbons (Fsp3) is 0.842. The van der Waals surface area contributed by atoms with Crippen LogP contribution in [0.5, 0.6) is 0 Å². The van der Waals surface area contributed by atoms with Gasteiger partial charge in [0.25, 0.3) is 0 Å². The summed E-state index contributed by atoms with van der Waals surface area (Å²) in [6, 6.07) is 0. The van der Waals surface area contributed by atoms with Crippen LogP contribution in [0.25, 0.3) is 0 Å². The number of carbonyl (C=O) groups excluding carboxylic acids is 2. The Morgan fingerprint density at radius 1 is 1.15 bits per heavy atom. The molecule has 0 saturated carbocycles. The molecule has 7 nitrogen and oxygen atoms in total. The molecule has 0 aromatic rings. The highest BCUT2D eigenvalue weighted by atomic mass is 127. The number of nitrogens with one attached hydrogen (secondary N) is 2. The van der Waals surface area contributed by atoms with E-state index in [1.807, 2.05) is 30.6 Å². The summed E-state index contributed by atoms with van der Waals surface area (Å²) in [5, 5.41) is 6.34. The van der Waals surface area contributed by atoms with Gasteiger partial charge in [0.2, 0.25) is 11.8 Å². The Bertz CT molecular complexity index is 469. The molecule has 1 unspecified atom stereocenters. The summed E-state index contributed by atoms with van der Waals surface area (Å²) in [4.78, 5) is 32.6. The zero-order valence-corrected chi connectivity index (χ0v) is 19.8. The van der Waals surface area contributed by atoms with Crippen LogP contribution in [0.2, 0.25) is 0 Å². The standard InChI is InChI=1S/C19H37N5O2.HI/c1-5-20-19(21-12-10-17(25)23(6-2)7-3)22-13-11-18(26)24-14-8-9-16(4)15-24;/h16H,5-15H2,1-4H3,(H2,20,21,22);1H. The van der Waals surface area contributed by atoms with E-state index < -0.39 is 0 Å². The SMILES string of the molecule is CCNC(=NCCC(=O)N1CCCC(C)C1)NCCC(=O)N(CC)CC.I. The van der Waals surface area contributed by atoms with Crippen LogP contribution in [0.4, 0.5) is 0 Å². The lowest BCUT2D eigenvalue weighted by Gasteiger charge is -2.30. The van der Waals surface area contributed by atoms with Gasteiger partial charge in [0.15, 0.2) is 5.96 Å². The van der Waals surface area contributed by atoms with Crippen molar-refractivity contribution in [3.05, 3.63) is 0 Å². The van der Waals surface area contributed by atoms with E-state index in [4.69, 9.17) is 0 Å². The fourth-order valence-electron chi connectivity index (χ4n) is 3.20. The van der Waals surface area contributed by atoms with Crippen molar-refractivity contribution in [3.8, 4) is 0 Å². The van der Waals surface area contributed by atoms with E-state index in [2.05, 4.69) is 22.5 Å². The minimum atomic E-state index is 0. The van der Waals surface area contributed by atoms with Gasteiger partial charge in [-0.3, -0.25) is 14.6 Å². The van der Waals surface area contributed by atoms with Gasteiger partial charge in [0, 0.05) is 52.1 Å². The van der Waals surface area contributed by atoms with Crippen LogP contribution >= 0.6 is 24.0 Å². The Labute approximate surface area is 181 Å². The molecule has 0 radical (unpaired) electrons. The number of nitrogens with zero attached hydrogens (tertiary/aromatic N) is 3. The van der Waals surface area contributed by atoms with Gasteiger partial charge >= 0.3 is 0 Å². The van der Waals surface area contributed by atoms with Gasteiger partial charge in [0.05, 0.1) is 6.54 Å². The number of likely N-dealkylation sites (tertiary alicyclic amines) is 1. The molecule has 1 heterocycles. The second kappa shape index (κ2) is 14.9. The van der Waals surface area contributed by atoms with E-state index >= 15 is 0 Å². The van der Waals surface area contributed by atoms with Crippen molar-refractivity contribution in [1.29, 1.82) is 0 Å². The normalized spacial score (nSPS) is 17.1. The lowest BCUT2D eigenvalue weighted by atomic mass is 10.00. The molecule has 0 aliphatic carbocycles. The maximum atomic E-state index is 12.3. The van der Waals surface area contributed by atoms with Crippen LogP contribution in [-0.4, -0.2) is 73.4 Å². The highest BCUT2D eigenvalue weighted by molar-refractivity contribution is 14.0. The lowest BCUT2D eigenvalue weighted by molar-refractivity contribution is -0.132. The molecule has 1 rings (SSSR count). The van der Waals surface area contributed by atoms with E-state index in [1.165, 1.54) is 6.42 Å². The van der Waals surface area contributed by atoms with Gasteiger partial charge in [0.1, 0.15) is 0 Å². The molecule has 0 bridgehead atoms. The third kappa shape index (κ3) is 10.2. The van der Waals surface area contributed by atoms with E-state index in [0.717, 1.165) is 39.1 Å². The molecule has 2 N–H and O–H groups in total. The number of halogens is 1. The van der Waals surface area contributed by atoms with E-state index in [0.29, 0.717) is 37.8 Å². The molecule has 0 aromatic heterocycles. The molecule has 0 aromatic carbocycles. The average molecular weight is 495 g/mol. The number of hydrogen-bond donors (Lipinski definition) is 2. The minimum Gasteiger partial charge on any atom is -0.357 e. The van der Waals surface area contributed by atoms with Crippen LogP contribution in [0.1, 0.15) is 53.4 Å². The maximum Gasteiger partial charge on any atom is 0.224 e. The van der Waals surface area contributed by atoms with Crippen molar-refractivity contribution in [3.63, 3.8) is 0 Å². The number of amides is 2. The molecule has 1 fully saturated rings. The molecular weight excluding hydrogens is 457 g/mol. The summed E-state index contributed by atoms with van der Waals surface area (Å²) in [6.07, 6.45) is 3.18. The van der Waals surface area contributed by atoms with Gasteiger partial charge in [-0.1, -0.05) is 6.92 Å². The first-order valence-electron chi connectivity index (χ1n) is 10.1. The molecule has 1 aliphatic heterocycles. The molecule has 8 heteroatoms. The average Bonchev–Trinajstić information content (AvgIpc) is 2.62. The van der Waals surface area contributed by atoms with Crippen molar-refractivity contribution in [2.24, 2.45) is 10.9 Å². The Hall–Kier alpha value is -1.06. The minimum absolute atomic E-state index is 0. The smallest absolute Gasteiger partial charge is 0.224 e. The van der Waals surface area contributed by atoms with Crippen LogP contribution in [0.15, 0.2) is 4.99 Å². The molecule has 1 aliphatic rings. The second-order valence-corrected chi connectivity index (χ2v) is 6.84. The predicted octanol–water partition coefficient (Wildman–Crippen LogP) is 2.07. The quantitative estimate of drug-likeness (QED) is 0.292. The lowest BCUT2D eigenvalue weighted by Crippen LogP contribution is -2.41. The maximum absolute atomic E-state index is 12.3.